The molecule has 3 aromatic rings. The van der Waals surface area contributed by atoms with Crippen molar-refractivity contribution < 1.29 is 0 Å². The number of fused-ring (bicyclic) bond motifs is 1. The topological polar surface area (TPSA) is 94.7 Å². The van der Waals surface area contributed by atoms with Gasteiger partial charge in [-0.25, -0.2) is 0 Å². The molecule has 0 radical (unpaired) electrons. The zero-order chi connectivity index (χ0) is 24.0. The van der Waals surface area contributed by atoms with E-state index < -0.39 is 0 Å². The molecule has 3 rings (SSSR count). The van der Waals surface area contributed by atoms with Crippen LogP contribution in [0.2, 0.25) is 0 Å². The molecule has 0 spiro atoms. The summed E-state index contributed by atoms with van der Waals surface area (Å²) < 4.78 is 0. The molecule has 0 aliphatic heterocycles. The number of pyridine rings is 1. The number of benzene rings is 1. The van der Waals surface area contributed by atoms with E-state index in [9.17, 15) is 0 Å². The fraction of sp³-hybridized carbons (Fsp3) is 0.222. The maximum absolute atomic E-state index is 8.13. The van der Waals surface area contributed by atoms with Gasteiger partial charge in [0.2, 0.25) is 0 Å². The third-order valence-corrected chi connectivity index (χ3v) is 5.62. The number of hydrogen-bond donors (Lipinski definition) is 3. The highest BCUT2D eigenvalue weighted by Crippen LogP contribution is 2.33. The SMILES string of the molecule is C=C(CC)N(C/C=C\C)/C(=C\C)c1cc(/C(C=N)=C(/N)c2cccc(C)n2)cc2[nH]ncc12. The van der Waals surface area contributed by atoms with E-state index in [0.29, 0.717) is 17.0 Å². The second-order valence-corrected chi connectivity index (χ2v) is 7.76. The lowest BCUT2D eigenvalue weighted by molar-refractivity contribution is 0.525. The van der Waals surface area contributed by atoms with Crippen molar-refractivity contribution in [2.24, 2.45) is 5.73 Å². The van der Waals surface area contributed by atoms with E-state index >= 15 is 0 Å². The molecule has 0 amide bonds. The van der Waals surface area contributed by atoms with Crippen LogP contribution in [0.5, 0.6) is 0 Å². The van der Waals surface area contributed by atoms with Gasteiger partial charge in [0.05, 0.1) is 23.1 Å². The minimum Gasteiger partial charge on any atom is -0.396 e. The highest BCUT2D eigenvalue weighted by molar-refractivity contribution is 6.18. The van der Waals surface area contributed by atoms with Crippen molar-refractivity contribution in [3.63, 3.8) is 0 Å². The first-order valence-corrected chi connectivity index (χ1v) is 11.1. The number of aromatic amines is 1. The third kappa shape index (κ3) is 4.95. The van der Waals surface area contributed by atoms with Crippen LogP contribution in [0.3, 0.4) is 0 Å². The Morgan fingerprint density at radius 3 is 2.70 bits per heavy atom. The monoisotopic (exact) mass is 440 g/mol. The van der Waals surface area contributed by atoms with Crippen molar-refractivity contribution in [2.45, 2.75) is 34.1 Å². The molecule has 6 nitrogen and oxygen atoms in total. The number of H-pyrrole nitrogens is 1. The standard InChI is InChI=1S/C27H32N6/c1-6-9-13-33(19(5)7-2)26(8-3)21-14-20(15-25-23(21)17-30-32-25)22(16-28)27(29)24-12-10-11-18(4)31-24/h6,8-12,14-17,28H,5,7,13,29H2,1-4H3,(H,30,32)/b9-6-,26-8-,27-22+,28-16?. The lowest BCUT2D eigenvalue weighted by Gasteiger charge is -2.29. The molecular weight excluding hydrogens is 408 g/mol. The first kappa shape index (κ1) is 23.7. The van der Waals surface area contributed by atoms with Gasteiger partial charge in [0.15, 0.2) is 0 Å². The van der Waals surface area contributed by atoms with Crippen molar-refractivity contribution in [2.75, 3.05) is 6.54 Å². The maximum Gasteiger partial charge on any atom is 0.0869 e. The molecule has 1 aromatic carbocycles. The Morgan fingerprint density at radius 1 is 1.27 bits per heavy atom. The van der Waals surface area contributed by atoms with Crippen LogP contribution in [0.25, 0.3) is 27.9 Å². The van der Waals surface area contributed by atoms with Crippen LogP contribution >= 0.6 is 0 Å². The molecular formula is C27H32N6. The molecule has 0 saturated carbocycles. The van der Waals surface area contributed by atoms with E-state index in [2.05, 4.69) is 51.8 Å². The van der Waals surface area contributed by atoms with Crippen LogP contribution in [0, 0.1) is 12.3 Å². The van der Waals surface area contributed by atoms with Gasteiger partial charge in [-0.05, 0) is 57.0 Å². The van der Waals surface area contributed by atoms with Crippen LogP contribution in [0.15, 0.2) is 67.0 Å². The van der Waals surface area contributed by atoms with Gasteiger partial charge in [0, 0.05) is 46.4 Å². The Bertz CT molecular complexity index is 1260. The smallest absolute Gasteiger partial charge is 0.0869 e. The summed E-state index contributed by atoms with van der Waals surface area (Å²) in [5, 5.41) is 16.5. The number of allylic oxidation sites excluding steroid dienone is 4. The molecule has 0 aliphatic carbocycles. The lowest BCUT2D eigenvalue weighted by atomic mass is 9.96. The molecule has 33 heavy (non-hydrogen) atoms. The largest absolute Gasteiger partial charge is 0.396 e. The van der Waals surface area contributed by atoms with Gasteiger partial charge >= 0.3 is 0 Å². The van der Waals surface area contributed by atoms with Gasteiger partial charge in [-0.2, -0.15) is 5.10 Å². The van der Waals surface area contributed by atoms with Gasteiger partial charge in [-0.15, -0.1) is 0 Å². The molecule has 0 aliphatic rings. The first-order chi connectivity index (χ1) is 15.9. The second kappa shape index (κ2) is 10.6. The molecule has 0 atom stereocenters. The zero-order valence-corrected chi connectivity index (χ0v) is 19.8. The van der Waals surface area contributed by atoms with Gasteiger partial charge in [0.25, 0.3) is 0 Å². The van der Waals surface area contributed by atoms with Crippen LogP contribution in [-0.4, -0.2) is 32.8 Å². The number of aryl methyl sites for hydroxylation is 1. The molecule has 0 unspecified atom stereocenters. The first-order valence-electron chi connectivity index (χ1n) is 11.1. The highest BCUT2D eigenvalue weighted by Gasteiger charge is 2.19. The van der Waals surface area contributed by atoms with Crippen molar-refractivity contribution in [3.05, 3.63) is 89.5 Å². The van der Waals surface area contributed by atoms with Crippen LogP contribution in [0.1, 0.15) is 49.7 Å². The Hall–Kier alpha value is -3.93. The Morgan fingerprint density at radius 2 is 2.06 bits per heavy atom. The fourth-order valence-corrected chi connectivity index (χ4v) is 3.82. The third-order valence-electron chi connectivity index (χ3n) is 5.62. The number of hydrogen-bond acceptors (Lipinski definition) is 5. The minimum absolute atomic E-state index is 0.462. The quantitative estimate of drug-likeness (QED) is 0.285. The number of nitrogens with zero attached hydrogens (tertiary/aromatic N) is 3. The molecule has 0 fully saturated rings. The minimum atomic E-state index is 0.462. The van der Waals surface area contributed by atoms with Gasteiger partial charge in [-0.3, -0.25) is 10.1 Å². The highest BCUT2D eigenvalue weighted by atomic mass is 15.1. The van der Waals surface area contributed by atoms with E-state index in [1.54, 1.807) is 0 Å². The lowest BCUT2D eigenvalue weighted by Crippen LogP contribution is -2.21. The fourth-order valence-electron chi connectivity index (χ4n) is 3.82. The second-order valence-electron chi connectivity index (χ2n) is 7.76. The number of nitrogens with one attached hydrogen (secondary N) is 2. The molecule has 6 heteroatoms. The van der Waals surface area contributed by atoms with Crippen LogP contribution in [0.4, 0.5) is 0 Å². The van der Waals surface area contributed by atoms with Crippen molar-refractivity contribution in [1.82, 2.24) is 20.1 Å². The van der Waals surface area contributed by atoms with Crippen molar-refractivity contribution in [3.8, 4) is 0 Å². The Balaban J connectivity index is 2.24. The summed E-state index contributed by atoms with van der Waals surface area (Å²) in [4.78, 5) is 6.76. The van der Waals surface area contributed by atoms with E-state index in [4.69, 9.17) is 11.1 Å². The van der Waals surface area contributed by atoms with Crippen LogP contribution in [-0.2, 0) is 0 Å². The van der Waals surface area contributed by atoms with E-state index in [1.165, 1.54) is 6.21 Å². The molecule has 2 aromatic heterocycles. The summed E-state index contributed by atoms with van der Waals surface area (Å²) in [5.41, 5.74) is 13.9. The average molecular weight is 441 g/mol. The summed E-state index contributed by atoms with van der Waals surface area (Å²) in [6.07, 6.45) is 10.2. The Kier molecular flexibility index (Phi) is 7.61. The number of rotatable bonds is 9. The zero-order valence-electron chi connectivity index (χ0n) is 19.8. The molecule has 4 N–H and O–H groups in total. The molecule has 170 valence electrons. The summed E-state index contributed by atoms with van der Waals surface area (Å²) in [7, 11) is 0. The summed E-state index contributed by atoms with van der Waals surface area (Å²) in [6, 6.07) is 9.76. The predicted molar refractivity (Wildman–Crippen MR) is 139 cm³/mol. The van der Waals surface area contributed by atoms with Crippen molar-refractivity contribution >= 4 is 34.1 Å². The normalized spacial score (nSPS) is 12.8. The van der Waals surface area contributed by atoms with E-state index in [1.807, 2.05) is 57.3 Å². The van der Waals surface area contributed by atoms with Crippen LogP contribution < -0.4 is 5.73 Å². The summed E-state index contributed by atoms with van der Waals surface area (Å²) in [5.74, 6) is 0. The molecule has 2 heterocycles. The van der Waals surface area contributed by atoms with Crippen molar-refractivity contribution in [1.29, 1.82) is 5.41 Å². The predicted octanol–water partition coefficient (Wildman–Crippen LogP) is 5.91. The maximum atomic E-state index is 8.13. The summed E-state index contributed by atoms with van der Waals surface area (Å²) >= 11 is 0. The number of nitrogens with two attached hydrogens (primary N) is 1. The van der Waals surface area contributed by atoms with E-state index in [0.717, 1.165) is 52.1 Å². The molecule has 0 bridgehead atoms. The van der Waals surface area contributed by atoms with Gasteiger partial charge in [0.1, 0.15) is 0 Å². The Labute approximate surface area is 195 Å². The summed E-state index contributed by atoms with van der Waals surface area (Å²) in [6.45, 7) is 13.1. The van der Waals surface area contributed by atoms with E-state index in [-0.39, 0.29) is 0 Å². The van der Waals surface area contributed by atoms with Gasteiger partial charge < -0.3 is 16.0 Å². The van der Waals surface area contributed by atoms with Gasteiger partial charge in [-0.1, -0.05) is 37.8 Å². The number of aromatic nitrogens is 3. The molecule has 0 saturated heterocycles. The average Bonchev–Trinajstić information content (AvgIpc) is 3.30.